The molecule has 1 unspecified atom stereocenters. The van der Waals surface area contributed by atoms with Crippen LogP contribution in [-0.2, 0) is 14.3 Å². The van der Waals surface area contributed by atoms with Gasteiger partial charge in [-0.15, -0.1) is 0 Å². The number of hydrogen-bond donors (Lipinski definition) is 1. The van der Waals surface area contributed by atoms with E-state index in [1.165, 1.54) is 24.3 Å². The topological polar surface area (TPSA) is 68.3 Å². The van der Waals surface area contributed by atoms with Gasteiger partial charge >= 0.3 is 5.97 Å². The number of benzene rings is 1. The van der Waals surface area contributed by atoms with Crippen molar-refractivity contribution in [2.24, 2.45) is 0 Å². The quantitative estimate of drug-likeness (QED) is 0.453. The fraction of sp³-hybridized carbons (Fsp3) is 0.364. The molecule has 1 heterocycles. The van der Waals surface area contributed by atoms with Crippen LogP contribution in [0, 0.1) is 0 Å². The number of esters is 1. The van der Waals surface area contributed by atoms with Crippen molar-refractivity contribution >= 4 is 5.97 Å². The summed E-state index contributed by atoms with van der Waals surface area (Å²) in [5.74, 6) is 0.0438. The molecule has 0 amide bonds. The number of aromatic hydroxyl groups is 1. The SMILES string of the molecule is O=C(COCC1CO1)Oc1ccc(O)cc1. The van der Waals surface area contributed by atoms with Crippen LogP contribution in [0.3, 0.4) is 0 Å². The van der Waals surface area contributed by atoms with Gasteiger partial charge in [0.2, 0.25) is 0 Å². The molecule has 2 rings (SSSR count). The first kappa shape index (κ1) is 10.9. The van der Waals surface area contributed by atoms with Gasteiger partial charge < -0.3 is 19.3 Å². The van der Waals surface area contributed by atoms with Crippen LogP contribution in [0.25, 0.3) is 0 Å². The Labute approximate surface area is 92.5 Å². The van der Waals surface area contributed by atoms with E-state index < -0.39 is 5.97 Å². The lowest BCUT2D eigenvalue weighted by atomic mass is 10.3. The molecule has 86 valence electrons. The van der Waals surface area contributed by atoms with Crippen molar-refractivity contribution in [2.45, 2.75) is 6.10 Å². The molecule has 0 bridgehead atoms. The number of epoxide rings is 1. The van der Waals surface area contributed by atoms with Crippen molar-refractivity contribution in [3.8, 4) is 11.5 Å². The Bertz CT molecular complexity index is 355. The Kier molecular flexibility index (Phi) is 3.38. The zero-order valence-electron chi connectivity index (χ0n) is 8.59. The monoisotopic (exact) mass is 224 g/mol. The molecule has 5 nitrogen and oxygen atoms in total. The predicted molar refractivity (Wildman–Crippen MR) is 54.3 cm³/mol. The normalized spacial score (nSPS) is 18.1. The molecule has 1 saturated heterocycles. The van der Waals surface area contributed by atoms with E-state index in [0.29, 0.717) is 19.0 Å². The van der Waals surface area contributed by atoms with Crippen molar-refractivity contribution in [3.63, 3.8) is 0 Å². The molecule has 1 fully saturated rings. The van der Waals surface area contributed by atoms with Gasteiger partial charge in [-0.05, 0) is 24.3 Å². The second-order valence-corrected chi connectivity index (χ2v) is 3.44. The molecule has 1 aromatic rings. The lowest BCUT2D eigenvalue weighted by molar-refractivity contribution is -0.139. The number of phenols is 1. The molecule has 1 atom stereocenters. The summed E-state index contributed by atoms with van der Waals surface area (Å²) in [6.07, 6.45) is 0.140. The van der Waals surface area contributed by atoms with E-state index in [-0.39, 0.29) is 18.5 Å². The van der Waals surface area contributed by atoms with E-state index >= 15 is 0 Å². The van der Waals surface area contributed by atoms with Gasteiger partial charge in [-0.3, -0.25) is 0 Å². The molecule has 0 spiro atoms. The lowest BCUT2D eigenvalue weighted by Crippen LogP contribution is -2.17. The van der Waals surface area contributed by atoms with Crippen LogP contribution in [0.15, 0.2) is 24.3 Å². The zero-order valence-corrected chi connectivity index (χ0v) is 8.59. The number of rotatable bonds is 5. The van der Waals surface area contributed by atoms with Crippen molar-refractivity contribution in [1.29, 1.82) is 0 Å². The third kappa shape index (κ3) is 3.52. The molecular weight excluding hydrogens is 212 g/mol. The highest BCUT2D eigenvalue weighted by Crippen LogP contribution is 2.16. The first-order chi connectivity index (χ1) is 7.74. The van der Waals surface area contributed by atoms with Crippen LogP contribution in [-0.4, -0.2) is 37.0 Å². The number of carbonyl (C=O) groups is 1. The van der Waals surface area contributed by atoms with Crippen molar-refractivity contribution in [1.82, 2.24) is 0 Å². The number of hydrogen-bond acceptors (Lipinski definition) is 5. The highest BCUT2D eigenvalue weighted by Gasteiger charge is 2.22. The van der Waals surface area contributed by atoms with Crippen molar-refractivity contribution in [3.05, 3.63) is 24.3 Å². The predicted octanol–water partition coefficient (Wildman–Crippen LogP) is 0.713. The molecule has 0 radical (unpaired) electrons. The third-order valence-electron chi connectivity index (χ3n) is 1.99. The van der Waals surface area contributed by atoms with E-state index in [9.17, 15) is 4.79 Å². The van der Waals surface area contributed by atoms with Gasteiger partial charge in [0.1, 0.15) is 24.2 Å². The maximum absolute atomic E-state index is 11.2. The minimum atomic E-state index is -0.466. The molecule has 1 aliphatic heterocycles. The third-order valence-corrected chi connectivity index (χ3v) is 1.99. The highest BCUT2D eigenvalue weighted by molar-refractivity contribution is 5.73. The van der Waals surface area contributed by atoms with Crippen LogP contribution < -0.4 is 4.74 Å². The molecule has 16 heavy (non-hydrogen) atoms. The van der Waals surface area contributed by atoms with E-state index in [0.717, 1.165) is 0 Å². The molecular formula is C11H12O5. The summed E-state index contributed by atoms with van der Waals surface area (Å²) < 4.78 is 14.9. The Balaban J connectivity index is 1.70. The maximum Gasteiger partial charge on any atom is 0.337 e. The summed E-state index contributed by atoms with van der Waals surface area (Å²) in [5.41, 5.74) is 0. The number of ether oxygens (including phenoxy) is 3. The van der Waals surface area contributed by atoms with Crippen LogP contribution in [0.4, 0.5) is 0 Å². The molecule has 1 aromatic carbocycles. The lowest BCUT2D eigenvalue weighted by Gasteiger charge is -2.04. The van der Waals surface area contributed by atoms with E-state index in [1.54, 1.807) is 0 Å². The Morgan fingerprint density at radius 3 is 2.75 bits per heavy atom. The standard InChI is InChI=1S/C11H12O5/c12-8-1-3-9(4-2-8)16-11(13)7-14-5-10-6-15-10/h1-4,10,12H,5-7H2. The fourth-order valence-electron chi connectivity index (χ4n) is 1.11. The molecule has 0 aromatic heterocycles. The summed E-state index contributed by atoms with van der Waals surface area (Å²) in [6.45, 7) is 1.03. The van der Waals surface area contributed by atoms with E-state index in [1.807, 2.05) is 0 Å². The Hall–Kier alpha value is -1.59. The largest absolute Gasteiger partial charge is 0.508 e. The number of phenolic OH excluding ortho intramolecular Hbond substituents is 1. The Morgan fingerprint density at radius 1 is 1.44 bits per heavy atom. The first-order valence-electron chi connectivity index (χ1n) is 4.93. The van der Waals surface area contributed by atoms with Crippen LogP contribution in [0.5, 0.6) is 11.5 Å². The summed E-state index contributed by atoms with van der Waals surface area (Å²) >= 11 is 0. The first-order valence-corrected chi connectivity index (χ1v) is 4.93. The van der Waals surface area contributed by atoms with Crippen molar-refractivity contribution < 1.29 is 24.1 Å². The second-order valence-electron chi connectivity index (χ2n) is 3.44. The van der Waals surface area contributed by atoms with Gasteiger partial charge in [0.05, 0.1) is 13.2 Å². The minimum Gasteiger partial charge on any atom is -0.508 e. The van der Waals surface area contributed by atoms with Gasteiger partial charge in [0.15, 0.2) is 0 Å². The smallest absolute Gasteiger partial charge is 0.337 e. The highest BCUT2D eigenvalue weighted by atomic mass is 16.6. The summed E-state index contributed by atoms with van der Waals surface area (Å²) in [5, 5.41) is 9.02. The average Bonchev–Trinajstić information content (AvgIpc) is 3.05. The van der Waals surface area contributed by atoms with Crippen LogP contribution in [0.2, 0.25) is 0 Å². The fourth-order valence-corrected chi connectivity index (χ4v) is 1.11. The van der Waals surface area contributed by atoms with E-state index in [2.05, 4.69) is 0 Å². The van der Waals surface area contributed by atoms with Gasteiger partial charge in [-0.2, -0.15) is 0 Å². The Morgan fingerprint density at radius 2 is 2.12 bits per heavy atom. The summed E-state index contributed by atoms with van der Waals surface area (Å²) in [4.78, 5) is 11.2. The van der Waals surface area contributed by atoms with Gasteiger partial charge in [-0.1, -0.05) is 0 Å². The van der Waals surface area contributed by atoms with Gasteiger partial charge in [0.25, 0.3) is 0 Å². The molecule has 5 heteroatoms. The maximum atomic E-state index is 11.2. The van der Waals surface area contributed by atoms with Gasteiger partial charge in [-0.25, -0.2) is 4.79 Å². The molecule has 1 aliphatic rings. The van der Waals surface area contributed by atoms with Gasteiger partial charge in [0, 0.05) is 0 Å². The summed E-state index contributed by atoms with van der Waals surface area (Å²) in [7, 11) is 0. The average molecular weight is 224 g/mol. The molecule has 1 N–H and O–H groups in total. The summed E-state index contributed by atoms with van der Waals surface area (Å²) in [6, 6.07) is 5.91. The van der Waals surface area contributed by atoms with Crippen LogP contribution in [0.1, 0.15) is 0 Å². The van der Waals surface area contributed by atoms with Crippen molar-refractivity contribution in [2.75, 3.05) is 19.8 Å². The van der Waals surface area contributed by atoms with E-state index in [4.69, 9.17) is 19.3 Å². The second kappa shape index (κ2) is 4.96. The molecule has 0 saturated carbocycles. The molecule has 0 aliphatic carbocycles. The minimum absolute atomic E-state index is 0.0965. The van der Waals surface area contributed by atoms with Crippen LogP contribution >= 0.6 is 0 Å². The number of carbonyl (C=O) groups excluding carboxylic acids is 1. The zero-order chi connectivity index (χ0) is 11.4.